The normalized spacial score (nSPS) is 25.3. The molecule has 0 radical (unpaired) electrons. The number of fused-ring (bicyclic) bond motifs is 1. The lowest BCUT2D eigenvalue weighted by atomic mass is 9.98. The van der Waals surface area contributed by atoms with Crippen LogP contribution in [0.4, 0.5) is 0 Å². The third-order valence-electron chi connectivity index (χ3n) is 3.95. The van der Waals surface area contributed by atoms with E-state index in [1.165, 1.54) is 7.11 Å². The molecule has 0 aliphatic carbocycles. The Morgan fingerprint density at radius 2 is 2.04 bits per heavy atom. The van der Waals surface area contributed by atoms with E-state index >= 15 is 0 Å². The molecule has 1 saturated heterocycles. The van der Waals surface area contributed by atoms with Crippen LogP contribution in [0.5, 0.6) is 0 Å². The summed E-state index contributed by atoms with van der Waals surface area (Å²) in [5, 5.41) is 28.8. The average molecular weight is 374 g/mol. The van der Waals surface area contributed by atoms with Crippen molar-refractivity contribution >= 4 is 35.5 Å². The van der Waals surface area contributed by atoms with Gasteiger partial charge in [-0.2, -0.15) is 0 Å². The molecule has 0 aromatic carbocycles. The summed E-state index contributed by atoms with van der Waals surface area (Å²) in [4.78, 5) is 47.5. The highest BCUT2D eigenvalue weighted by molar-refractivity contribution is 8.00. The summed E-state index contributed by atoms with van der Waals surface area (Å²) in [6.45, 7) is -0.493. The van der Waals surface area contributed by atoms with Crippen molar-refractivity contribution in [3.63, 3.8) is 0 Å². The summed E-state index contributed by atoms with van der Waals surface area (Å²) in [5.41, 5.74) is -1.80. The highest BCUT2D eigenvalue weighted by Crippen LogP contribution is 2.46. The van der Waals surface area contributed by atoms with Crippen molar-refractivity contribution in [2.24, 2.45) is 0 Å². The van der Waals surface area contributed by atoms with Crippen molar-refractivity contribution in [1.82, 2.24) is 10.2 Å². The van der Waals surface area contributed by atoms with Crippen molar-refractivity contribution in [3.8, 4) is 0 Å². The Morgan fingerprint density at radius 3 is 2.56 bits per heavy atom. The van der Waals surface area contributed by atoms with Crippen LogP contribution in [0.2, 0.25) is 0 Å². The number of nitrogens with zero attached hydrogens (tertiary/aromatic N) is 1. The van der Waals surface area contributed by atoms with Crippen LogP contribution in [0, 0.1) is 0 Å². The maximum Gasteiger partial charge on any atom is 0.352 e. The van der Waals surface area contributed by atoms with Gasteiger partial charge in [-0.1, -0.05) is 0 Å². The maximum absolute atomic E-state index is 12.5. The van der Waals surface area contributed by atoms with Gasteiger partial charge in [-0.05, 0) is 12.0 Å². The zero-order chi connectivity index (χ0) is 18.8. The fourth-order valence-electron chi connectivity index (χ4n) is 2.73. The molecule has 10 nitrogen and oxygen atoms in total. The number of hydrogen-bond donors (Lipinski definition) is 4. The zero-order valence-corrected chi connectivity index (χ0v) is 14.2. The first kappa shape index (κ1) is 19.2. The Balaban J connectivity index is 2.15. The number of carbonyl (C=O) groups excluding carboxylic acids is 2. The van der Waals surface area contributed by atoms with E-state index in [0.717, 1.165) is 16.7 Å². The number of β-lactam (4-membered cyclic amide) rings is 1. The van der Waals surface area contributed by atoms with Crippen LogP contribution in [-0.4, -0.2) is 74.5 Å². The molecule has 25 heavy (non-hydrogen) atoms. The first-order valence-corrected chi connectivity index (χ1v) is 8.42. The van der Waals surface area contributed by atoms with E-state index in [0.29, 0.717) is 0 Å². The number of amides is 2. The van der Waals surface area contributed by atoms with Crippen molar-refractivity contribution in [3.05, 3.63) is 11.3 Å². The van der Waals surface area contributed by atoms with Crippen LogP contribution in [0.15, 0.2) is 11.3 Å². The second-order valence-electron chi connectivity index (χ2n) is 5.49. The van der Waals surface area contributed by atoms with Gasteiger partial charge in [0.25, 0.3) is 11.6 Å². The topological polar surface area (TPSA) is 153 Å². The first-order valence-electron chi connectivity index (χ1n) is 7.37. The van der Waals surface area contributed by atoms with Gasteiger partial charge in [0.2, 0.25) is 5.91 Å². The molecule has 0 saturated carbocycles. The number of carboxylic acid groups (broad SMARTS) is 2. The molecule has 2 amide bonds. The van der Waals surface area contributed by atoms with Crippen LogP contribution >= 0.6 is 11.8 Å². The molecule has 2 atom stereocenters. The third-order valence-corrected chi connectivity index (χ3v) is 5.32. The van der Waals surface area contributed by atoms with Crippen LogP contribution in [-0.2, 0) is 23.9 Å². The van der Waals surface area contributed by atoms with E-state index in [1.54, 1.807) is 0 Å². The smallest absolute Gasteiger partial charge is 0.352 e. The standard InChI is InChI=1S/C14H18N2O8S/c1-24-14(15-8(18)3-2-4-9(19)20)12(23)16-10(11(21)22)7(5-17)6-25-13(14)16/h13,17H,2-6H2,1H3,(H,15,18)(H,19,20)(H,21,22)/t13-,14-/m0/s1. The molecule has 11 heteroatoms. The lowest BCUT2D eigenvalue weighted by molar-refractivity contribution is -0.192. The Morgan fingerprint density at radius 1 is 1.36 bits per heavy atom. The van der Waals surface area contributed by atoms with Crippen molar-refractivity contribution < 1.29 is 39.2 Å². The zero-order valence-electron chi connectivity index (χ0n) is 13.4. The molecule has 0 aromatic rings. The minimum absolute atomic E-state index is 0.103. The van der Waals surface area contributed by atoms with Crippen molar-refractivity contribution in [2.75, 3.05) is 19.5 Å². The fraction of sp³-hybridized carbons (Fsp3) is 0.571. The molecule has 0 spiro atoms. The molecule has 2 aliphatic heterocycles. The molecule has 0 bridgehead atoms. The van der Waals surface area contributed by atoms with Gasteiger partial charge in [0.05, 0.1) is 6.61 Å². The Labute approximate surface area is 146 Å². The second-order valence-corrected chi connectivity index (χ2v) is 6.56. The minimum Gasteiger partial charge on any atom is -0.481 e. The molecular weight excluding hydrogens is 356 g/mol. The quantitative estimate of drug-likeness (QED) is 0.308. The average Bonchev–Trinajstić information content (AvgIpc) is 2.57. The number of rotatable bonds is 8. The lowest BCUT2D eigenvalue weighted by Crippen LogP contribution is -2.80. The Bertz CT molecular complexity index is 649. The van der Waals surface area contributed by atoms with Gasteiger partial charge in [0.15, 0.2) is 0 Å². The number of ether oxygens (including phenoxy) is 1. The number of carboxylic acids is 2. The number of hydrogen-bond acceptors (Lipinski definition) is 7. The molecule has 2 heterocycles. The van der Waals surface area contributed by atoms with E-state index in [2.05, 4.69) is 5.32 Å². The summed E-state index contributed by atoms with van der Waals surface area (Å²) in [6.07, 6.45) is -0.186. The fourth-order valence-corrected chi connectivity index (χ4v) is 4.16. The molecule has 2 rings (SSSR count). The van der Waals surface area contributed by atoms with Gasteiger partial charge < -0.3 is 25.4 Å². The molecule has 4 N–H and O–H groups in total. The van der Waals surface area contributed by atoms with Crippen LogP contribution in [0.25, 0.3) is 0 Å². The predicted octanol–water partition coefficient (Wildman–Crippen LogP) is -1.05. The highest BCUT2D eigenvalue weighted by Gasteiger charge is 2.66. The minimum atomic E-state index is -1.70. The van der Waals surface area contributed by atoms with E-state index in [9.17, 15) is 29.4 Å². The maximum atomic E-state index is 12.5. The van der Waals surface area contributed by atoms with Crippen molar-refractivity contribution in [2.45, 2.75) is 30.4 Å². The van der Waals surface area contributed by atoms with Gasteiger partial charge in [-0.25, -0.2) is 4.79 Å². The molecule has 0 aromatic heterocycles. The first-order chi connectivity index (χ1) is 11.8. The highest BCUT2D eigenvalue weighted by atomic mass is 32.2. The van der Waals surface area contributed by atoms with E-state index in [-0.39, 0.29) is 36.3 Å². The van der Waals surface area contributed by atoms with Gasteiger partial charge in [0, 0.05) is 25.7 Å². The number of methoxy groups -OCH3 is 1. The number of aliphatic hydroxyl groups excluding tert-OH is 1. The Kier molecular flexibility index (Phi) is 5.70. The van der Waals surface area contributed by atoms with E-state index in [4.69, 9.17) is 9.84 Å². The molecule has 0 unspecified atom stereocenters. The number of aliphatic carboxylic acids is 2. The van der Waals surface area contributed by atoms with Crippen LogP contribution < -0.4 is 5.32 Å². The number of thioether (sulfide) groups is 1. The molecular formula is C14H18N2O8S. The van der Waals surface area contributed by atoms with Gasteiger partial charge in [0.1, 0.15) is 11.1 Å². The largest absolute Gasteiger partial charge is 0.481 e. The number of carbonyl (C=O) groups is 4. The SMILES string of the molecule is CO[C@@]1(NC(=O)CCCC(=O)O)C(=O)N2C(C(=O)O)=C(CO)CS[C@H]21. The number of nitrogens with one attached hydrogen (secondary N) is 1. The monoisotopic (exact) mass is 374 g/mol. The summed E-state index contributed by atoms with van der Waals surface area (Å²) in [5.74, 6) is -3.52. The lowest BCUT2D eigenvalue weighted by Gasteiger charge is -2.55. The van der Waals surface area contributed by atoms with E-state index < -0.39 is 41.5 Å². The Hall–Kier alpha value is -2.11. The van der Waals surface area contributed by atoms with E-state index in [1.807, 2.05) is 0 Å². The van der Waals surface area contributed by atoms with Crippen LogP contribution in [0.1, 0.15) is 19.3 Å². The van der Waals surface area contributed by atoms with Gasteiger partial charge in [-0.3, -0.25) is 19.3 Å². The third kappa shape index (κ3) is 3.34. The summed E-state index contributed by atoms with van der Waals surface area (Å²) >= 11 is 1.16. The second kappa shape index (κ2) is 7.42. The summed E-state index contributed by atoms with van der Waals surface area (Å²) in [6, 6.07) is 0. The molecule has 1 fully saturated rings. The molecule has 2 aliphatic rings. The van der Waals surface area contributed by atoms with Crippen LogP contribution in [0.3, 0.4) is 0 Å². The molecule has 138 valence electrons. The van der Waals surface area contributed by atoms with Gasteiger partial charge >= 0.3 is 11.9 Å². The summed E-state index contributed by atoms with van der Waals surface area (Å²) in [7, 11) is 1.22. The number of aliphatic hydroxyl groups is 1. The summed E-state index contributed by atoms with van der Waals surface area (Å²) < 4.78 is 5.21. The predicted molar refractivity (Wildman–Crippen MR) is 84.2 cm³/mol. The van der Waals surface area contributed by atoms with Crippen molar-refractivity contribution in [1.29, 1.82) is 0 Å². The van der Waals surface area contributed by atoms with Gasteiger partial charge in [-0.15, -0.1) is 11.8 Å².